The zero-order chi connectivity index (χ0) is 0. The summed E-state index contributed by atoms with van der Waals surface area (Å²) in [6.07, 6.45) is 0. The third kappa shape index (κ3) is 9.22. The van der Waals surface area contributed by atoms with Crippen molar-refractivity contribution in [2.75, 3.05) is 0 Å². The molecule has 0 fully saturated rings. The fourth-order valence-electron chi connectivity index (χ4n) is 0. The Bertz CT molecular complexity index is 8.00. The molecule has 18 valence electrons. The van der Waals surface area contributed by atoms with Crippen molar-refractivity contribution in [1.82, 2.24) is 0 Å². The van der Waals surface area contributed by atoms with Gasteiger partial charge in [0.1, 0.15) is 0 Å². The van der Waals surface area contributed by atoms with Gasteiger partial charge in [-0.15, -0.1) is 0 Å². The van der Waals surface area contributed by atoms with Crippen molar-refractivity contribution in [3.63, 3.8) is 0 Å². The molecular weight excluding hydrogens is 393 g/mol. The summed E-state index contributed by atoms with van der Waals surface area (Å²) in [5.41, 5.74) is 0. The van der Waals surface area contributed by atoms with E-state index in [1.807, 2.05) is 0 Å². The minimum absolute atomic E-state index is 0. The summed E-state index contributed by atoms with van der Waals surface area (Å²) < 4.78 is 0. The topological polar surface area (TPSA) is 0 Å². The number of rotatable bonds is 0. The fourth-order valence-corrected chi connectivity index (χ4v) is 0. The first-order chi connectivity index (χ1) is 0. The van der Waals surface area contributed by atoms with E-state index in [4.69, 9.17) is 0 Å². The van der Waals surface area contributed by atoms with Crippen LogP contribution >= 0.6 is 0 Å². The summed E-state index contributed by atoms with van der Waals surface area (Å²) in [6.45, 7) is 0. The quantitative estimate of drug-likeness (QED) is 0.422. The Balaban J connectivity index is 0. The summed E-state index contributed by atoms with van der Waals surface area (Å²) in [4.78, 5) is 0. The van der Waals surface area contributed by atoms with E-state index in [9.17, 15) is 0 Å². The summed E-state index contributed by atoms with van der Waals surface area (Å²) in [7, 11) is 0. The maximum absolute atomic E-state index is 0. The zero-order valence-electron chi connectivity index (χ0n) is 0.908. The van der Waals surface area contributed by atoms with Crippen LogP contribution in [0.4, 0.5) is 0 Å². The molecule has 0 rings (SSSR count). The van der Waals surface area contributed by atoms with Gasteiger partial charge in [0.25, 0.3) is 0 Å². The van der Waals surface area contributed by atoms with E-state index < -0.39 is 0 Å². The van der Waals surface area contributed by atoms with Gasteiger partial charge < -0.3 is 0 Å². The largest absolute Gasteiger partial charge is 0.316 e. The molecule has 0 aliphatic rings. The molecular formula is H4BaMgTiW. The van der Waals surface area contributed by atoms with Gasteiger partial charge in [-0.05, 0) is 0 Å². The second-order valence-electron chi connectivity index (χ2n) is 0. The smallest absolute Gasteiger partial charge is 0 e. The predicted molar refractivity (Wildman–Crippen MR) is 17.1 cm³/mol. The van der Waals surface area contributed by atoms with Crippen LogP contribution in [-0.4, -0.2) is 71.9 Å². The molecule has 0 aromatic rings. The average molecular weight is 397 g/mol. The second kappa shape index (κ2) is 15.9. The first-order valence-corrected chi connectivity index (χ1v) is 0. The molecule has 0 heterocycles. The van der Waals surface area contributed by atoms with Crippen molar-refractivity contribution in [2.24, 2.45) is 0 Å². The van der Waals surface area contributed by atoms with Gasteiger partial charge in [0, 0.05) is 42.8 Å². The molecule has 4 heteroatoms. The molecule has 0 aromatic heterocycles. The van der Waals surface area contributed by atoms with Crippen LogP contribution < -0.4 is 0 Å². The van der Waals surface area contributed by atoms with E-state index in [2.05, 4.69) is 0 Å². The van der Waals surface area contributed by atoms with Crippen LogP contribution in [0.5, 0.6) is 0 Å². The summed E-state index contributed by atoms with van der Waals surface area (Å²) in [6, 6.07) is 0. The molecule has 0 saturated carbocycles. The monoisotopic (exact) mass is 398 g/mol. The van der Waals surface area contributed by atoms with Crippen LogP contribution in [-0.2, 0) is 42.8 Å². The number of hydrogen-bond donors (Lipinski definition) is 0. The van der Waals surface area contributed by atoms with Gasteiger partial charge in [-0.3, -0.25) is 0 Å². The second-order valence-corrected chi connectivity index (χ2v) is 0. The van der Waals surface area contributed by atoms with Crippen molar-refractivity contribution in [3.05, 3.63) is 0 Å². The van der Waals surface area contributed by atoms with E-state index in [1.165, 1.54) is 0 Å². The van der Waals surface area contributed by atoms with Crippen molar-refractivity contribution < 1.29 is 42.8 Å². The molecule has 0 unspecified atom stereocenters. The standard InChI is InChI=1S/Ba.Mg.Ti.W.4H. The molecule has 0 amide bonds. The van der Waals surface area contributed by atoms with Gasteiger partial charge >= 0.3 is 71.9 Å². The van der Waals surface area contributed by atoms with Crippen molar-refractivity contribution in [2.45, 2.75) is 0 Å². The zero-order valence-corrected chi connectivity index (χ0v) is 5.40. The van der Waals surface area contributed by atoms with E-state index in [-0.39, 0.29) is 115 Å². The maximum atomic E-state index is 0. The van der Waals surface area contributed by atoms with Crippen LogP contribution in [0.3, 0.4) is 0 Å². The van der Waals surface area contributed by atoms with Gasteiger partial charge in [-0.1, -0.05) is 0 Å². The van der Waals surface area contributed by atoms with Crippen LogP contribution in [0.25, 0.3) is 0 Å². The molecule has 0 aliphatic heterocycles. The minimum Gasteiger partial charge on any atom is 0 e. The van der Waals surface area contributed by atoms with Crippen LogP contribution in [0.2, 0.25) is 0 Å². The average Bonchev–Trinajstić information content (AvgIpc) is 0. The Morgan fingerprint density at radius 2 is 1.00 bits per heavy atom. The number of hydrogen-bond acceptors (Lipinski definition) is 0. The molecule has 0 atom stereocenters. The predicted octanol–water partition coefficient (Wildman–Crippen LogP) is -1.84. The van der Waals surface area contributed by atoms with Crippen molar-refractivity contribution in [3.8, 4) is 0 Å². The Hall–Kier alpha value is 3.74. The first-order valence-electron chi connectivity index (χ1n) is 0. The molecule has 0 aliphatic carbocycles. The van der Waals surface area contributed by atoms with Crippen LogP contribution in [0, 0.1) is 0 Å². The van der Waals surface area contributed by atoms with Gasteiger partial charge in [0.2, 0.25) is 0 Å². The first kappa shape index (κ1) is 25.1. The molecule has 0 nitrogen and oxygen atoms in total. The summed E-state index contributed by atoms with van der Waals surface area (Å²) in [5.74, 6) is 0. The molecule has 0 radical (unpaired) electrons. The summed E-state index contributed by atoms with van der Waals surface area (Å²) >= 11 is 0. The Morgan fingerprint density at radius 1 is 1.00 bits per heavy atom. The van der Waals surface area contributed by atoms with Crippen LogP contribution in [0.15, 0.2) is 0 Å². The van der Waals surface area contributed by atoms with Gasteiger partial charge in [-0.2, -0.15) is 0 Å². The van der Waals surface area contributed by atoms with E-state index in [0.29, 0.717) is 0 Å². The Labute approximate surface area is 112 Å². The normalized spacial score (nSPS) is 0. The van der Waals surface area contributed by atoms with Gasteiger partial charge in [0.05, 0.1) is 0 Å². The third-order valence-corrected chi connectivity index (χ3v) is 0. The Morgan fingerprint density at radius 3 is 1.00 bits per heavy atom. The third-order valence-electron chi connectivity index (χ3n) is 0. The minimum atomic E-state index is 0. The molecule has 0 saturated heterocycles. The van der Waals surface area contributed by atoms with Crippen LogP contribution in [0.1, 0.15) is 0 Å². The molecule has 0 spiro atoms. The van der Waals surface area contributed by atoms with E-state index in [1.54, 1.807) is 0 Å². The molecule has 0 aromatic carbocycles. The summed E-state index contributed by atoms with van der Waals surface area (Å²) in [5, 5.41) is 0. The molecule has 4 heavy (non-hydrogen) atoms. The Kier molecular flexibility index (Phi) is 99.8. The van der Waals surface area contributed by atoms with E-state index in [0.717, 1.165) is 0 Å². The van der Waals surface area contributed by atoms with Gasteiger partial charge in [-0.25, -0.2) is 0 Å². The van der Waals surface area contributed by atoms with Gasteiger partial charge in [0.15, 0.2) is 0 Å². The fraction of sp³-hybridized carbons (Fsp3) is 0. The SMILES string of the molecule is [BaH2].[MgH2].[Ti].[W]. The van der Waals surface area contributed by atoms with Crippen molar-refractivity contribution in [1.29, 1.82) is 0 Å². The molecule has 0 bridgehead atoms. The van der Waals surface area contributed by atoms with E-state index >= 15 is 0 Å². The van der Waals surface area contributed by atoms with Crippen molar-refractivity contribution >= 4 is 71.9 Å². The maximum Gasteiger partial charge on any atom is 0.316 e. The molecule has 0 N–H and O–H groups in total.